The molecule has 34 heavy (non-hydrogen) atoms. The normalized spacial score (nSPS) is 19.9. The third-order valence-corrected chi connectivity index (χ3v) is 7.63. The van der Waals surface area contributed by atoms with E-state index in [2.05, 4.69) is 15.4 Å². The molecule has 2 aliphatic rings. The Morgan fingerprint density at radius 3 is 2.32 bits per heavy atom. The van der Waals surface area contributed by atoms with E-state index in [9.17, 15) is 23.2 Å². The summed E-state index contributed by atoms with van der Waals surface area (Å²) < 4.78 is 30.6. The van der Waals surface area contributed by atoms with Gasteiger partial charge in [0, 0.05) is 29.3 Å². The molecule has 1 aromatic heterocycles. The Morgan fingerprint density at radius 1 is 1.00 bits per heavy atom. The predicted octanol–water partition coefficient (Wildman–Crippen LogP) is 5.81. The van der Waals surface area contributed by atoms with Gasteiger partial charge in [-0.15, -0.1) is 11.3 Å². The Bertz CT molecular complexity index is 1090. The first kappa shape index (κ1) is 24.3. The molecule has 2 unspecified atom stereocenters. The summed E-state index contributed by atoms with van der Waals surface area (Å²) in [5, 5.41) is 6.27. The zero-order valence-electron chi connectivity index (χ0n) is 19.2. The van der Waals surface area contributed by atoms with E-state index in [1.165, 1.54) is 42.5 Å². The maximum absolute atomic E-state index is 13.2. The van der Waals surface area contributed by atoms with Crippen LogP contribution in [0, 0.1) is 11.8 Å². The van der Waals surface area contributed by atoms with E-state index in [0.717, 1.165) is 42.5 Å². The SMILES string of the molecule is CC(=O)C1CCCCC1C(=O)Nc1sc2c(c1C(=O)Nc1ccc(OC(C)(F)F)cc1)CCC2. The second-order valence-electron chi connectivity index (χ2n) is 9.05. The molecule has 2 N–H and O–H groups in total. The van der Waals surface area contributed by atoms with Gasteiger partial charge < -0.3 is 15.4 Å². The molecular weight excluding hydrogens is 462 g/mol. The highest BCUT2D eigenvalue weighted by Crippen LogP contribution is 2.41. The van der Waals surface area contributed by atoms with Gasteiger partial charge in [-0.25, -0.2) is 0 Å². The van der Waals surface area contributed by atoms with Crippen molar-refractivity contribution < 1.29 is 27.9 Å². The number of thiophene rings is 1. The topological polar surface area (TPSA) is 84.5 Å². The van der Waals surface area contributed by atoms with Crippen molar-refractivity contribution in [1.29, 1.82) is 0 Å². The van der Waals surface area contributed by atoms with Crippen molar-refractivity contribution in [2.24, 2.45) is 11.8 Å². The van der Waals surface area contributed by atoms with E-state index in [0.29, 0.717) is 36.0 Å². The molecule has 4 rings (SSSR count). The van der Waals surface area contributed by atoms with E-state index in [4.69, 9.17) is 0 Å². The fraction of sp³-hybridized carbons (Fsp3) is 0.480. The standard InChI is InChI=1S/C25H28F2N2O4S/c1-14(30)17-6-3-4-7-18(17)22(31)29-24-21(19-8-5-9-20(19)34-24)23(32)28-15-10-12-16(13-11-15)33-25(2,26)27/h10-13,17-18H,3-9H2,1-2H3,(H,28,32)(H,29,31). The number of fused-ring (bicyclic) bond motifs is 1. The van der Waals surface area contributed by atoms with E-state index in [-0.39, 0.29) is 35.2 Å². The van der Waals surface area contributed by atoms with Crippen molar-refractivity contribution in [3.05, 3.63) is 40.3 Å². The number of anilines is 2. The third kappa shape index (κ3) is 5.46. The zero-order chi connectivity index (χ0) is 24.5. The monoisotopic (exact) mass is 490 g/mol. The molecule has 9 heteroatoms. The second kappa shape index (κ2) is 9.82. The van der Waals surface area contributed by atoms with Crippen LogP contribution in [0.3, 0.4) is 0 Å². The zero-order valence-corrected chi connectivity index (χ0v) is 20.0. The molecule has 1 heterocycles. The van der Waals surface area contributed by atoms with Crippen LogP contribution in [-0.2, 0) is 22.4 Å². The smallest absolute Gasteiger partial charge is 0.394 e. The number of alkyl halides is 2. The van der Waals surface area contributed by atoms with Crippen molar-refractivity contribution in [1.82, 2.24) is 0 Å². The lowest BCUT2D eigenvalue weighted by atomic mass is 9.77. The average Bonchev–Trinajstić information content (AvgIpc) is 3.34. The van der Waals surface area contributed by atoms with Crippen molar-refractivity contribution in [3.63, 3.8) is 0 Å². The van der Waals surface area contributed by atoms with Crippen LogP contribution >= 0.6 is 11.3 Å². The highest BCUT2D eigenvalue weighted by Gasteiger charge is 2.35. The minimum Gasteiger partial charge on any atom is -0.433 e. The number of ether oxygens (including phenoxy) is 1. The first-order chi connectivity index (χ1) is 16.1. The van der Waals surface area contributed by atoms with Gasteiger partial charge in [-0.2, -0.15) is 8.78 Å². The van der Waals surface area contributed by atoms with Crippen LogP contribution < -0.4 is 15.4 Å². The number of aryl methyl sites for hydroxylation is 1. The van der Waals surface area contributed by atoms with Crippen molar-refractivity contribution >= 4 is 39.6 Å². The van der Waals surface area contributed by atoms with Gasteiger partial charge >= 0.3 is 6.11 Å². The highest BCUT2D eigenvalue weighted by molar-refractivity contribution is 7.17. The molecule has 2 amide bonds. The number of carbonyl (C=O) groups excluding carboxylic acids is 3. The Morgan fingerprint density at radius 2 is 1.68 bits per heavy atom. The molecule has 1 fully saturated rings. The average molecular weight is 491 g/mol. The minimum atomic E-state index is -3.30. The van der Waals surface area contributed by atoms with Gasteiger partial charge in [0.1, 0.15) is 16.5 Å². The van der Waals surface area contributed by atoms with Crippen LogP contribution in [0.4, 0.5) is 19.5 Å². The second-order valence-corrected chi connectivity index (χ2v) is 10.2. The van der Waals surface area contributed by atoms with Crippen LogP contribution in [0.5, 0.6) is 5.75 Å². The number of amides is 2. The number of rotatable bonds is 7. The van der Waals surface area contributed by atoms with Crippen molar-refractivity contribution in [3.8, 4) is 5.75 Å². The number of hydrogen-bond donors (Lipinski definition) is 2. The molecule has 6 nitrogen and oxygen atoms in total. The van der Waals surface area contributed by atoms with Crippen molar-refractivity contribution in [2.75, 3.05) is 10.6 Å². The number of ketones is 1. The Kier molecular flexibility index (Phi) is 7.02. The van der Waals surface area contributed by atoms with Crippen LogP contribution in [-0.4, -0.2) is 23.7 Å². The first-order valence-electron chi connectivity index (χ1n) is 11.6. The predicted molar refractivity (Wildman–Crippen MR) is 127 cm³/mol. The van der Waals surface area contributed by atoms with Crippen LogP contribution in [0.15, 0.2) is 24.3 Å². The van der Waals surface area contributed by atoms with Gasteiger partial charge in [-0.05, 0) is 68.9 Å². The van der Waals surface area contributed by atoms with E-state index in [1.54, 1.807) is 0 Å². The molecule has 1 saturated carbocycles. The Hall–Kier alpha value is -2.81. The molecule has 0 saturated heterocycles. The fourth-order valence-electron chi connectivity index (χ4n) is 4.88. The molecule has 0 radical (unpaired) electrons. The molecular formula is C25H28F2N2O4S. The summed E-state index contributed by atoms with van der Waals surface area (Å²) >= 11 is 1.42. The summed E-state index contributed by atoms with van der Waals surface area (Å²) in [6, 6.07) is 5.70. The summed E-state index contributed by atoms with van der Waals surface area (Å²) in [6.07, 6.45) is 2.47. The van der Waals surface area contributed by atoms with Crippen molar-refractivity contribution in [2.45, 2.75) is 64.9 Å². The summed E-state index contributed by atoms with van der Waals surface area (Å²) in [5.74, 6) is -1.23. The number of carbonyl (C=O) groups is 3. The maximum atomic E-state index is 13.2. The fourth-order valence-corrected chi connectivity index (χ4v) is 6.16. The van der Waals surface area contributed by atoms with E-state index < -0.39 is 6.11 Å². The van der Waals surface area contributed by atoms with Gasteiger partial charge in [0.2, 0.25) is 5.91 Å². The van der Waals surface area contributed by atoms with Gasteiger partial charge in [-0.1, -0.05) is 12.8 Å². The largest absolute Gasteiger partial charge is 0.433 e. The van der Waals surface area contributed by atoms with Gasteiger partial charge in [0.25, 0.3) is 5.91 Å². The maximum Gasteiger partial charge on any atom is 0.394 e. The number of Topliss-reactive ketones (excluding diaryl/α,β-unsaturated/α-hetero) is 1. The quantitative estimate of drug-likeness (QED) is 0.513. The number of benzene rings is 1. The lowest BCUT2D eigenvalue weighted by Crippen LogP contribution is -2.35. The first-order valence-corrected chi connectivity index (χ1v) is 12.4. The molecule has 0 aliphatic heterocycles. The molecule has 2 atom stereocenters. The molecule has 0 bridgehead atoms. The Balaban J connectivity index is 1.52. The lowest BCUT2D eigenvalue weighted by Gasteiger charge is -2.28. The third-order valence-electron chi connectivity index (χ3n) is 6.42. The Labute approximate surface area is 201 Å². The summed E-state index contributed by atoms with van der Waals surface area (Å²) in [5.41, 5.74) is 1.81. The van der Waals surface area contributed by atoms with Crippen LogP contribution in [0.2, 0.25) is 0 Å². The molecule has 2 aliphatic carbocycles. The summed E-state index contributed by atoms with van der Waals surface area (Å²) in [6.45, 7) is 2.19. The molecule has 0 spiro atoms. The minimum absolute atomic E-state index is 0.0117. The van der Waals surface area contributed by atoms with Crippen LogP contribution in [0.25, 0.3) is 0 Å². The van der Waals surface area contributed by atoms with Crippen LogP contribution in [0.1, 0.15) is 66.8 Å². The van der Waals surface area contributed by atoms with Gasteiger partial charge in [-0.3, -0.25) is 14.4 Å². The highest BCUT2D eigenvalue weighted by atomic mass is 32.1. The van der Waals surface area contributed by atoms with E-state index >= 15 is 0 Å². The molecule has 2 aromatic rings. The number of halogens is 2. The molecule has 182 valence electrons. The molecule has 1 aromatic carbocycles. The van der Waals surface area contributed by atoms with E-state index in [1.807, 2.05) is 0 Å². The summed E-state index contributed by atoms with van der Waals surface area (Å²) in [7, 11) is 0. The summed E-state index contributed by atoms with van der Waals surface area (Å²) in [4.78, 5) is 39.5. The lowest BCUT2D eigenvalue weighted by molar-refractivity contribution is -0.159. The number of nitrogens with one attached hydrogen (secondary N) is 2. The van der Waals surface area contributed by atoms with Gasteiger partial charge in [0.15, 0.2) is 0 Å². The number of hydrogen-bond acceptors (Lipinski definition) is 5. The van der Waals surface area contributed by atoms with Gasteiger partial charge in [0.05, 0.1) is 5.56 Å².